The Bertz CT molecular complexity index is 1280. The molecule has 2 aromatic heterocycles. The molecule has 4 rings (SSSR count). The number of hydrogen-bond acceptors (Lipinski definition) is 9. The van der Waals surface area contributed by atoms with Crippen molar-refractivity contribution in [3.8, 4) is 23.0 Å². The largest absolute Gasteiger partial charge is 0.489 e. The van der Waals surface area contributed by atoms with Gasteiger partial charge in [0.1, 0.15) is 22.8 Å². The van der Waals surface area contributed by atoms with Crippen LogP contribution in [0.5, 0.6) is 11.5 Å². The number of pyridine rings is 1. The first-order valence-electron chi connectivity index (χ1n) is 11.6. The van der Waals surface area contributed by atoms with Crippen molar-refractivity contribution >= 4 is 11.9 Å². The smallest absolute Gasteiger partial charge is 0.387 e. The fourth-order valence-corrected chi connectivity index (χ4v) is 3.44. The Morgan fingerprint density at radius 1 is 1.16 bits per heavy atom. The van der Waals surface area contributed by atoms with Crippen LogP contribution < -0.4 is 20.5 Å². The molecule has 3 aromatic rings. The van der Waals surface area contributed by atoms with Crippen LogP contribution in [0.25, 0.3) is 11.5 Å². The molecule has 1 atom stereocenters. The number of nitrogens with one attached hydrogen (secondary N) is 1. The number of benzene rings is 1. The van der Waals surface area contributed by atoms with Gasteiger partial charge in [-0.3, -0.25) is 4.79 Å². The summed E-state index contributed by atoms with van der Waals surface area (Å²) in [5, 5.41) is 2.68. The summed E-state index contributed by atoms with van der Waals surface area (Å²) in [6.07, 6.45) is 2.06. The van der Waals surface area contributed by atoms with Gasteiger partial charge in [-0.25, -0.2) is 14.8 Å². The number of alkyl halides is 2. The predicted molar refractivity (Wildman–Crippen MR) is 126 cm³/mol. The van der Waals surface area contributed by atoms with E-state index in [1.54, 1.807) is 6.92 Å². The van der Waals surface area contributed by atoms with Crippen molar-refractivity contribution in [2.75, 3.05) is 13.7 Å². The van der Waals surface area contributed by atoms with Gasteiger partial charge >= 0.3 is 12.6 Å². The Kier molecular flexibility index (Phi) is 7.97. The lowest BCUT2D eigenvalue weighted by Gasteiger charge is -2.12. The molecule has 1 aliphatic carbocycles. The van der Waals surface area contributed by atoms with Gasteiger partial charge in [-0.15, -0.1) is 0 Å². The number of rotatable bonds is 11. The van der Waals surface area contributed by atoms with Gasteiger partial charge in [0.15, 0.2) is 11.5 Å². The number of halogens is 2. The van der Waals surface area contributed by atoms with Crippen LogP contribution in [0.4, 0.5) is 8.78 Å². The molecule has 3 N–H and O–H groups in total. The third-order valence-corrected chi connectivity index (χ3v) is 5.51. The maximum absolute atomic E-state index is 12.8. The van der Waals surface area contributed by atoms with E-state index < -0.39 is 24.5 Å². The molecule has 1 unspecified atom stereocenters. The van der Waals surface area contributed by atoms with Crippen molar-refractivity contribution in [3.05, 3.63) is 59.2 Å². The molecular weight excluding hydrogens is 490 g/mol. The minimum absolute atomic E-state index is 0.00545. The molecule has 2 heterocycles. The molecule has 0 bridgehead atoms. The van der Waals surface area contributed by atoms with E-state index in [9.17, 15) is 18.4 Å². The molecule has 1 aliphatic rings. The molecule has 12 heteroatoms. The van der Waals surface area contributed by atoms with E-state index in [-0.39, 0.29) is 35.3 Å². The quantitative estimate of drug-likeness (QED) is 0.364. The number of ether oxygens (including phenoxy) is 3. The molecule has 1 aromatic carbocycles. The molecule has 10 nitrogen and oxygen atoms in total. The van der Waals surface area contributed by atoms with Gasteiger partial charge in [0.2, 0.25) is 5.89 Å². The fraction of sp³-hybridized carbons (Fsp3) is 0.360. The van der Waals surface area contributed by atoms with Crippen LogP contribution in [0.3, 0.4) is 0 Å². The van der Waals surface area contributed by atoms with Gasteiger partial charge in [0.05, 0.1) is 26.3 Å². The zero-order chi connectivity index (χ0) is 26.5. The first kappa shape index (κ1) is 26.0. The topological polar surface area (TPSA) is 139 Å². The van der Waals surface area contributed by atoms with Crippen LogP contribution in [0, 0.1) is 5.92 Å². The number of oxazole rings is 1. The number of methoxy groups -OCH3 is 1. The summed E-state index contributed by atoms with van der Waals surface area (Å²) in [5.74, 6) is -0.255. The van der Waals surface area contributed by atoms with Crippen LogP contribution in [-0.4, -0.2) is 42.2 Å². The van der Waals surface area contributed by atoms with E-state index in [2.05, 4.69) is 24.8 Å². The standard InChI is InChI=1S/C25H26F2N4O6/c1-13(28)21-18(11-29-22(32)16-4-3-5-17(30-16)24(33)34-2)31-23(37-21)15-8-9-19(36-25(26)27)20(10-15)35-12-14-6-7-14/h3-5,8-10,13-14,25H,6-7,11-12,28H2,1-2H3,(H,29,32). The van der Waals surface area contributed by atoms with Gasteiger partial charge in [0, 0.05) is 5.56 Å². The number of carbonyl (C=O) groups is 2. The van der Waals surface area contributed by atoms with Crippen molar-refractivity contribution in [1.29, 1.82) is 0 Å². The molecule has 0 spiro atoms. The monoisotopic (exact) mass is 516 g/mol. The number of aromatic nitrogens is 2. The maximum atomic E-state index is 12.8. The van der Waals surface area contributed by atoms with E-state index in [1.807, 2.05) is 0 Å². The van der Waals surface area contributed by atoms with Crippen molar-refractivity contribution in [3.63, 3.8) is 0 Å². The van der Waals surface area contributed by atoms with Gasteiger partial charge < -0.3 is 29.7 Å². The van der Waals surface area contributed by atoms with Crippen LogP contribution in [0.15, 0.2) is 40.8 Å². The van der Waals surface area contributed by atoms with Crippen molar-refractivity contribution in [2.45, 2.75) is 39.0 Å². The maximum Gasteiger partial charge on any atom is 0.387 e. The molecule has 1 fully saturated rings. The minimum atomic E-state index is -3.00. The summed E-state index contributed by atoms with van der Waals surface area (Å²) >= 11 is 0. The summed E-state index contributed by atoms with van der Waals surface area (Å²) < 4.78 is 46.5. The number of nitrogens with zero attached hydrogens (tertiary/aromatic N) is 2. The average Bonchev–Trinajstić information content (AvgIpc) is 3.62. The lowest BCUT2D eigenvalue weighted by Crippen LogP contribution is -2.25. The van der Waals surface area contributed by atoms with Gasteiger partial charge in [0.25, 0.3) is 5.91 Å². The van der Waals surface area contributed by atoms with Crippen LogP contribution in [0.1, 0.15) is 58.2 Å². The summed E-state index contributed by atoms with van der Waals surface area (Å²) in [6, 6.07) is 8.24. The highest BCUT2D eigenvalue weighted by atomic mass is 19.3. The highest BCUT2D eigenvalue weighted by Crippen LogP contribution is 2.37. The minimum Gasteiger partial charge on any atom is -0.489 e. The molecule has 37 heavy (non-hydrogen) atoms. The molecule has 1 saturated carbocycles. The third kappa shape index (κ3) is 6.58. The van der Waals surface area contributed by atoms with Crippen LogP contribution in [-0.2, 0) is 11.3 Å². The Balaban J connectivity index is 1.54. The second kappa shape index (κ2) is 11.3. The summed E-state index contributed by atoms with van der Waals surface area (Å²) in [6.45, 7) is -0.956. The van der Waals surface area contributed by atoms with E-state index in [0.717, 1.165) is 12.8 Å². The lowest BCUT2D eigenvalue weighted by atomic mass is 10.2. The highest BCUT2D eigenvalue weighted by Gasteiger charge is 2.24. The molecule has 0 aliphatic heterocycles. The number of hydrogen-bond donors (Lipinski definition) is 2. The second-order valence-corrected chi connectivity index (χ2v) is 8.50. The van der Waals surface area contributed by atoms with Crippen LogP contribution in [0.2, 0.25) is 0 Å². The van der Waals surface area contributed by atoms with Gasteiger partial charge in [-0.05, 0) is 56.0 Å². The Morgan fingerprint density at radius 2 is 1.92 bits per heavy atom. The lowest BCUT2D eigenvalue weighted by molar-refractivity contribution is -0.0515. The Morgan fingerprint density at radius 3 is 2.59 bits per heavy atom. The SMILES string of the molecule is COC(=O)c1cccc(C(=O)NCc2nc(-c3ccc(OC(F)F)c(OCC4CC4)c3)oc2C(C)N)n1. The molecule has 0 radical (unpaired) electrons. The normalized spacial score (nSPS) is 13.8. The third-order valence-electron chi connectivity index (χ3n) is 5.51. The molecule has 0 saturated heterocycles. The number of esters is 1. The number of carbonyl (C=O) groups excluding carboxylic acids is 2. The molecule has 1 amide bonds. The zero-order valence-electron chi connectivity index (χ0n) is 20.2. The molecule has 196 valence electrons. The first-order valence-corrected chi connectivity index (χ1v) is 11.6. The van der Waals surface area contributed by atoms with E-state index >= 15 is 0 Å². The van der Waals surface area contributed by atoms with Gasteiger partial charge in [-0.1, -0.05) is 6.07 Å². The average molecular weight is 517 g/mol. The van der Waals surface area contributed by atoms with E-state index in [0.29, 0.717) is 29.5 Å². The Hall–Kier alpha value is -4.06. The van der Waals surface area contributed by atoms with Gasteiger partial charge in [-0.2, -0.15) is 8.78 Å². The molecular formula is C25H26F2N4O6. The second-order valence-electron chi connectivity index (χ2n) is 8.50. The number of nitrogens with two attached hydrogens (primary N) is 1. The summed E-state index contributed by atoms with van der Waals surface area (Å²) in [4.78, 5) is 32.8. The fourth-order valence-electron chi connectivity index (χ4n) is 3.44. The van der Waals surface area contributed by atoms with E-state index in [4.69, 9.17) is 14.9 Å². The van der Waals surface area contributed by atoms with E-state index in [1.165, 1.54) is 43.5 Å². The first-order chi connectivity index (χ1) is 17.7. The van der Waals surface area contributed by atoms with Crippen molar-refractivity contribution in [1.82, 2.24) is 15.3 Å². The van der Waals surface area contributed by atoms with Crippen molar-refractivity contribution < 1.29 is 37.0 Å². The number of amides is 1. The summed E-state index contributed by atoms with van der Waals surface area (Å²) in [5.41, 5.74) is 6.89. The Labute approximate surface area is 211 Å². The summed E-state index contributed by atoms with van der Waals surface area (Å²) in [7, 11) is 1.22. The van der Waals surface area contributed by atoms with Crippen molar-refractivity contribution in [2.24, 2.45) is 11.7 Å². The predicted octanol–water partition coefficient (Wildman–Crippen LogP) is 3.86. The zero-order valence-corrected chi connectivity index (χ0v) is 20.2. The highest BCUT2D eigenvalue weighted by molar-refractivity contribution is 5.94. The van der Waals surface area contributed by atoms with Crippen LogP contribution >= 0.6 is 0 Å².